The summed E-state index contributed by atoms with van der Waals surface area (Å²) < 4.78 is 34.1. The third-order valence-electron chi connectivity index (χ3n) is 2.92. The van der Waals surface area contributed by atoms with E-state index in [-0.39, 0.29) is 0 Å². The van der Waals surface area contributed by atoms with Gasteiger partial charge in [-0.05, 0) is 24.7 Å². The maximum Gasteiger partial charge on any atom is 0.335 e. The van der Waals surface area contributed by atoms with E-state index in [1.165, 1.54) is 31.3 Å². The van der Waals surface area contributed by atoms with Gasteiger partial charge in [0, 0.05) is 5.02 Å². The molecule has 0 saturated carbocycles. The normalized spacial score (nSPS) is 12.8. The van der Waals surface area contributed by atoms with Gasteiger partial charge in [-0.3, -0.25) is 9.59 Å². The van der Waals surface area contributed by atoms with Crippen molar-refractivity contribution in [1.29, 1.82) is 0 Å². The molecule has 122 valence electrons. The molecule has 0 radical (unpaired) electrons. The highest BCUT2D eigenvalue weighted by Gasteiger charge is 2.46. The molecule has 1 rings (SSSR count). The summed E-state index contributed by atoms with van der Waals surface area (Å²) in [6.07, 6.45) is 0. The second kappa shape index (κ2) is 7.57. The average molecular weight is 350 g/mol. The van der Waals surface area contributed by atoms with Crippen molar-refractivity contribution in [3.05, 3.63) is 34.9 Å². The van der Waals surface area contributed by atoms with Crippen LogP contribution in [-0.2, 0) is 28.9 Å². The van der Waals surface area contributed by atoms with Crippen LogP contribution in [0, 0.1) is 0 Å². The minimum absolute atomic E-state index is 0.324. The molecule has 9 heteroatoms. The van der Waals surface area contributed by atoms with Gasteiger partial charge in [0.05, 0.1) is 14.2 Å². The zero-order valence-corrected chi connectivity index (χ0v) is 13.8. The largest absolute Gasteiger partial charge is 0.468 e. The molecule has 0 aliphatic heterocycles. The van der Waals surface area contributed by atoms with E-state index in [2.05, 4.69) is 14.8 Å². The molecule has 0 amide bonds. The van der Waals surface area contributed by atoms with Crippen molar-refractivity contribution in [3.63, 3.8) is 0 Å². The number of esters is 2. The molecule has 1 N–H and O–H groups in total. The van der Waals surface area contributed by atoms with Crippen LogP contribution >= 0.6 is 11.6 Å². The Kier molecular flexibility index (Phi) is 6.34. The second-order valence-corrected chi connectivity index (χ2v) is 6.79. The van der Waals surface area contributed by atoms with Crippen LogP contribution in [0.5, 0.6) is 0 Å². The zero-order chi connectivity index (χ0) is 16.9. The van der Waals surface area contributed by atoms with E-state index < -0.39 is 32.4 Å². The number of methoxy groups -OCH3 is 2. The molecular formula is C13H16ClNO6S. The topological polar surface area (TPSA) is 98.8 Å². The number of hydrogen-bond donors (Lipinski definition) is 1. The number of carbonyl (C=O) groups excluding carboxylic acids is 2. The van der Waals surface area contributed by atoms with Gasteiger partial charge in [0.1, 0.15) is 5.37 Å². The molecule has 1 aromatic carbocycles. The number of nitrogens with one attached hydrogen (secondary N) is 1. The summed E-state index contributed by atoms with van der Waals surface area (Å²) in [6, 6.07) is 5.96. The Hall–Kier alpha value is -1.64. The Morgan fingerprint density at radius 2 is 1.55 bits per heavy atom. The maximum absolute atomic E-state index is 12.7. The van der Waals surface area contributed by atoms with Crippen LogP contribution in [0.25, 0.3) is 0 Å². The maximum atomic E-state index is 12.7. The van der Waals surface area contributed by atoms with Crippen LogP contribution in [0.3, 0.4) is 0 Å². The van der Waals surface area contributed by atoms with Gasteiger partial charge in [-0.2, -0.15) is 0 Å². The van der Waals surface area contributed by atoms with Crippen molar-refractivity contribution in [1.82, 2.24) is 5.32 Å². The summed E-state index contributed by atoms with van der Waals surface area (Å²) >= 11 is 5.76. The zero-order valence-electron chi connectivity index (χ0n) is 12.2. The molecule has 1 atom stereocenters. The van der Waals surface area contributed by atoms with Gasteiger partial charge in [0.15, 0.2) is 9.84 Å². The standard InChI is InChI=1S/C13H16ClNO6S/c1-15-11(8-4-6-9(14)7-5-8)22(18,19)10(12(16)20-2)13(17)21-3/h4-7,10-11,15H,1-3H3. The first-order valence-electron chi connectivity index (χ1n) is 6.10. The minimum Gasteiger partial charge on any atom is -0.468 e. The minimum atomic E-state index is -4.31. The number of rotatable bonds is 6. The number of hydrogen-bond acceptors (Lipinski definition) is 7. The number of sulfone groups is 1. The van der Waals surface area contributed by atoms with Gasteiger partial charge in [0.2, 0.25) is 0 Å². The van der Waals surface area contributed by atoms with E-state index in [1.807, 2.05) is 0 Å². The van der Waals surface area contributed by atoms with Crippen molar-refractivity contribution in [2.75, 3.05) is 21.3 Å². The summed E-state index contributed by atoms with van der Waals surface area (Å²) in [5.74, 6) is -2.41. The van der Waals surface area contributed by atoms with E-state index in [4.69, 9.17) is 11.6 Å². The fourth-order valence-electron chi connectivity index (χ4n) is 1.87. The molecule has 0 bridgehead atoms. The van der Waals surface area contributed by atoms with Crippen molar-refractivity contribution >= 4 is 33.4 Å². The van der Waals surface area contributed by atoms with E-state index in [0.29, 0.717) is 10.6 Å². The summed E-state index contributed by atoms with van der Waals surface area (Å²) in [5, 5.41) is -0.377. The van der Waals surface area contributed by atoms with Gasteiger partial charge in [0.25, 0.3) is 5.25 Å². The Morgan fingerprint density at radius 3 is 1.91 bits per heavy atom. The Bertz CT molecular complexity index is 627. The summed E-state index contributed by atoms with van der Waals surface area (Å²) in [5.41, 5.74) is 0.324. The predicted molar refractivity (Wildman–Crippen MR) is 80.0 cm³/mol. The molecule has 7 nitrogen and oxygen atoms in total. The summed E-state index contributed by atoms with van der Waals surface area (Å²) in [4.78, 5) is 23.4. The van der Waals surface area contributed by atoms with Crippen LogP contribution in [0.2, 0.25) is 5.02 Å². The highest BCUT2D eigenvalue weighted by molar-refractivity contribution is 7.93. The third-order valence-corrected chi connectivity index (χ3v) is 5.38. The molecule has 1 aromatic rings. The molecule has 0 aromatic heterocycles. The Balaban J connectivity index is 3.34. The fraction of sp³-hybridized carbons (Fsp3) is 0.385. The molecule has 0 aliphatic carbocycles. The molecule has 0 aliphatic rings. The number of halogens is 1. The third kappa shape index (κ3) is 3.76. The molecule has 1 unspecified atom stereocenters. The van der Waals surface area contributed by atoms with Crippen LogP contribution in [0.1, 0.15) is 10.9 Å². The van der Waals surface area contributed by atoms with Crippen molar-refractivity contribution in [2.24, 2.45) is 0 Å². The number of benzene rings is 1. The van der Waals surface area contributed by atoms with E-state index in [0.717, 1.165) is 14.2 Å². The van der Waals surface area contributed by atoms with Gasteiger partial charge in [-0.1, -0.05) is 23.7 Å². The Morgan fingerprint density at radius 1 is 1.09 bits per heavy atom. The van der Waals surface area contributed by atoms with Gasteiger partial charge >= 0.3 is 11.9 Å². The molecule has 0 heterocycles. The first kappa shape index (κ1) is 18.4. The summed E-state index contributed by atoms with van der Waals surface area (Å²) in [7, 11) is -0.933. The first-order valence-corrected chi connectivity index (χ1v) is 8.09. The highest BCUT2D eigenvalue weighted by atomic mass is 35.5. The van der Waals surface area contributed by atoms with Crippen molar-refractivity contribution in [2.45, 2.75) is 10.6 Å². The van der Waals surface area contributed by atoms with Crippen LogP contribution in [0.15, 0.2) is 24.3 Å². The molecule has 0 spiro atoms. The Labute approximate surface area is 133 Å². The lowest BCUT2D eigenvalue weighted by Crippen LogP contribution is -2.44. The molecular weight excluding hydrogens is 334 g/mol. The van der Waals surface area contributed by atoms with Gasteiger partial charge < -0.3 is 14.8 Å². The smallest absolute Gasteiger partial charge is 0.335 e. The molecule has 0 fully saturated rings. The van der Waals surface area contributed by atoms with E-state index >= 15 is 0 Å². The van der Waals surface area contributed by atoms with Crippen LogP contribution < -0.4 is 5.32 Å². The average Bonchev–Trinajstić information content (AvgIpc) is 2.49. The lowest BCUT2D eigenvalue weighted by Gasteiger charge is -2.21. The fourth-order valence-corrected chi connectivity index (χ4v) is 3.86. The monoisotopic (exact) mass is 349 g/mol. The first-order chi connectivity index (χ1) is 10.3. The van der Waals surface area contributed by atoms with Gasteiger partial charge in [-0.15, -0.1) is 0 Å². The van der Waals surface area contributed by atoms with E-state index in [1.54, 1.807) is 0 Å². The van der Waals surface area contributed by atoms with Crippen molar-refractivity contribution in [3.8, 4) is 0 Å². The van der Waals surface area contributed by atoms with Crippen LogP contribution in [-0.4, -0.2) is 46.9 Å². The summed E-state index contributed by atoms with van der Waals surface area (Å²) in [6.45, 7) is 0. The molecule has 0 saturated heterocycles. The van der Waals surface area contributed by atoms with Gasteiger partial charge in [-0.25, -0.2) is 8.42 Å². The predicted octanol–water partition coefficient (Wildman–Crippen LogP) is 0.687. The lowest BCUT2D eigenvalue weighted by molar-refractivity contribution is -0.150. The SMILES string of the molecule is CNC(c1ccc(Cl)cc1)S(=O)(=O)C(C(=O)OC)C(=O)OC. The van der Waals surface area contributed by atoms with Crippen molar-refractivity contribution < 1.29 is 27.5 Å². The lowest BCUT2D eigenvalue weighted by atomic mass is 10.2. The molecule has 22 heavy (non-hydrogen) atoms. The quantitative estimate of drug-likeness (QED) is 0.595. The highest BCUT2D eigenvalue weighted by Crippen LogP contribution is 2.26. The number of carbonyl (C=O) groups is 2. The second-order valence-electron chi connectivity index (χ2n) is 4.24. The van der Waals surface area contributed by atoms with Crippen LogP contribution in [0.4, 0.5) is 0 Å². The van der Waals surface area contributed by atoms with E-state index in [9.17, 15) is 18.0 Å². The number of ether oxygens (including phenoxy) is 2.